The van der Waals surface area contributed by atoms with E-state index in [0.29, 0.717) is 26.1 Å². The van der Waals surface area contributed by atoms with Crippen LogP contribution in [0.3, 0.4) is 0 Å². The van der Waals surface area contributed by atoms with E-state index in [1.165, 1.54) is 5.57 Å². The van der Waals surface area contributed by atoms with Gasteiger partial charge in [0.1, 0.15) is 0 Å². The van der Waals surface area contributed by atoms with Crippen molar-refractivity contribution in [2.24, 2.45) is 10.8 Å². The molecule has 0 aromatic heterocycles. The maximum absolute atomic E-state index is 11.9. The van der Waals surface area contributed by atoms with Crippen molar-refractivity contribution >= 4 is 24.2 Å². The smallest absolute Gasteiger partial charge is 0.373 e. The Bertz CT molecular complexity index is 728. The summed E-state index contributed by atoms with van der Waals surface area (Å²) in [4.78, 5) is 56.1. The first-order valence-corrected chi connectivity index (χ1v) is 11.2. The van der Waals surface area contributed by atoms with Gasteiger partial charge in [-0.2, -0.15) is 19.2 Å². The van der Waals surface area contributed by atoms with Crippen LogP contribution in [0.1, 0.15) is 80.1 Å². The monoisotopic (exact) mass is 480 g/mol. The Kier molecular flexibility index (Phi) is 21.4. The summed E-state index contributed by atoms with van der Waals surface area (Å²) in [6.45, 7) is 20.3. The fourth-order valence-electron chi connectivity index (χ4n) is 3.68. The van der Waals surface area contributed by atoms with Crippen LogP contribution in [-0.4, -0.2) is 37.5 Å². The lowest BCUT2D eigenvalue weighted by Gasteiger charge is -2.29. The predicted octanol–water partition coefficient (Wildman–Crippen LogP) is 5.01. The summed E-state index contributed by atoms with van der Waals surface area (Å²) < 4.78 is 10.2. The highest BCUT2D eigenvalue weighted by Crippen LogP contribution is 2.41. The van der Waals surface area contributed by atoms with Gasteiger partial charge in [-0.15, -0.1) is 13.2 Å². The van der Waals surface area contributed by atoms with E-state index in [0.717, 1.165) is 31.3 Å². The van der Waals surface area contributed by atoms with E-state index in [-0.39, 0.29) is 29.7 Å². The highest BCUT2D eigenvalue weighted by molar-refractivity contribution is 5.78. The summed E-state index contributed by atoms with van der Waals surface area (Å²) in [6.07, 6.45) is 9.12. The third-order valence-corrected chi connectivity index (χ3v) is 5.40. The van der Waals surface area contributed by atoms with E-state index in [2.05, 4.69) is 33.1 Å². The third kappa shape index (κ3) is 13.5. The average Bonchev–Trinajstić information content (AvgIpc) is 3.17. The first-order chi connectivity index (χ1) is 16.0. The minimum Gasteiger partial charge on any atom is -0.466 e. The first-order valence-electron chi connectivity index (χ1n) is 11.2. The molecule has 2 atom stereocenters. The number of allylic oxidation sites excluding steroid dienone is 4. The van der Waals surface area contributed by atoms with Crippen LogP contribution in [0.5, 0.6) is 0 Å². The Morgan fingerprint density at radius 3 is 1.88 bits per heavy atom. The molecule has 0 spiro atoms. The molecule has 0 bridgehead atoms. The van der Waals surface area contributed by atoms with Gasteiger partial charge >= 0.3 is 24.2 Å². The summed E-state index contributed by atoms with van der Waals surface area (Å²) >= 11 is 0. The lowest BCUT2D eigenvalue weighted by molar-refractivity contribution is -0.193. The van der Waals surface area contributed by atoms with Crippen molar-refractivity contribution in [2.45, 2.75) is 80.1 Å². The first kappa shape index (κ1) is 35.5. The summed E-state index contributed by atoms with van der Waals surface area (Å²) in [5, 5.41) is 0. The van der Waals surface area contributed by atoms with Gasteiger partial charge < -0.3 is 9.47 Å². The van der Waals surface area contributed by atoms with E-state index < -0.39 is 5.41 Å². The molecule has 0 fully saturated rings. The van der Waals surface area contributed by atoms with Gasteiger partial charge in [0.2, 0.25) is 0 Å². The topological polar surface area (TPSA) is 121 Å². The molecular weight excluding hydrogens is 440 g/mol. The summed E-state index contributed by atoms with van der Waals surface area (Å²) in [5.41, 5.74) is 1.63. The molecular formula is C26H40O8. The number of rotatable bonds is 10. The lowest BCUT2D eigenvalue weighted by Crippen LogP contribution is -2.32. The average molecular weight is 481 g/mol. The van der Waals surface area contributed by atoms with Crippen molar-refractivity contribution in [3.63, 3.8) is 0 Å². The molecule has 0 amide bonds. The Morgan fingerprint density at radius 2 is 1.59 bits per heavy atom. The van der Waals surface area contributed by atoms with E-state index >= 15 is 0 Å². The molecule has 8 heteroatoms. The molecule has 0 N–H and O–H groups in total. The highest BCUT2D eigenvalue weighted by atomic mass is 16.5. The predicted molar refractivity (Wildman–Crippen MR) is 126 cm³/mol. The molecule has 1 aliphatic rings. The van der Waals surface area contributed by atoms with Crippen molar-refractivity contribution in [1.29, 1.82) is 0 Å². The molecule has 0 radical (unpaired) electrons. The second-order valence-electron chi connectivity index (χ2n) is 7.93. The van der Waals surface area contributed by atoms with Crippen molar-refractivity contribution in [1.82, 2.24) is 0 Å². The second-order valence-corrected chi connectivity index (χ2v) is 7.93. The van der Waals surface area contributed by atoms with Crippen LogP contribution in [0.4, 0.5) is 0 Å². The minimum absolute atomic E-state index is 0.0226. The van der Waals surface area contributed by atoms with E-state index in [9.17, 15) is 9.59 Å². The molecule has 0 saturated carbocycles. The van der Waals surface area contributed by atoms with Gasteiger partial charge in [0, 0.05) is 0 Å². The third-order valence-electron chi connectivity index (χ3n) is 5.40. The number of hydrogen-bond donors (Lipinski definition) is 0. The molecule has 8 nitrogen and oxygen atoms in total. The van der Waals surface area contributed by atoms with Gasteiger partial charge in [-0.25, -0.2) is 0 Å². The van der Waals surface area contributed by atoms with Crippen LogP contribution in [0.25, 0.3) is 0 Å². The van der Waals surface area contributed by atoms with Gasteiger partial charge in [-0.3, -0.25) is 9.59 Å². The number of esters is 2. The minimum atomic E-state index is -0.455. The fraction of sp³-hybridized carbons (Fsp3) is 0.615. The maximum atomic E-state index is 11.9. The highest BCUT2D eigenvalue weighted by Gasteiger charge is 2.40. The second kappa shape index (κ2) is 20.5. The summed E-state index contributed by atoms with van der Waals surface area (Å²) in [5.74, 6) is -0.152. The van der Waals surface area contributed by atoms with Crippen LogP contribution >= 0.6 is 0 Å². The number of ether oxygens (including phenoxy) is 2. The molecule has 0 heterocycles. The summed E-state index contributed by atoms with van der Waals surface area (Å²) in [6, 6.07) is 0. The van der Waals surface area contributed by atoms with E-state index in [1.54, 1.807) is 6.08 Å². The van der Waals surface area contributed by atoms with Gasteiger partial charge in [-0.1, -0.05) is 37.1 Å². The van der Waals surface area contributed by atoms with E-state index in [4.69, 9.17) is 28.7 Å². The molecule has 192 valence electrons. The molecule has 0 aliphatic heterocycles. The van der Waals surface area contributed by atoms with Crippen molar-refractivity contribution in [2.75, 3.05) is 13.2 Å². The molecule has 34 heavy (non-hydrogen) atoms. The molecule has 2 unspecified atom stereocenters. The number of carbonyl (C=O) groups is 2. The Labute approximate surface area is 203 Å². The number of carbonyl (C=O) groups excluding carboxylic acids is 6. The van der Waals surface area contributed by atoms with Gasteiger partial charge in [0.05, 0.1) is 24.0 Å². The number of hydrogen-bond acceptors (Lipinski definition) is 8. The zero-order valence-corrected chi connectivity index (χ0v) is 21.5. The zero-order chi connectivity index (χ0) is 27.2. The lowest BCUT2D eigenvalue weighted by atomic mass is 9.77. The Hall–Kier alpha value is -3.08. The molecule has 0 saturated heterocycles. The maximum Gasteiger partial charge on any atom is 0.373 e. The molecule has 1 rings (SSSR count). The quantitative estimate of drug-likeness (QED) is 0.316. The molecule has 0 aromatic carbocycles. The molecule has 1 aliphatic carbocycles. The zero-order valence-electron chi connectivity index (χ0n) is 21.5. The Balaban J connectivity index is -0.000000460. The van der Waals surface area contributed by atoms with E-state index in [1.807, 2.05) is 27.7 Å². The van der Waals surface area contributed by atoms with Gasteiger partial charge in [0.15, 0.2) is 0 Å². The van der Waals surface area contributed by atoms with Crippen molar-refractivity contribution < 1.29 is 38.2 Å². The fourth-order valence-corrected chi connectivity index (χ4v) is 3.68. The largest absolute Gasteiger partial charge is 0.466 e. The van der Waals surface area contributed by atoms with Crippen LogP contribution < -0.4 is 0 Å². The SMILES string of the molecule is C=CCC(CC)(CC(=C)C)C(=O)OCC.CCOC(=O)C1(CC)CC=C(C)C1.O=C=O.O=C=O. The molecule has 0 aromatic rings. The summed E-state index contributed by atoms with van der Waals surface area (Å²) in [7, 11) is 0. The van der Waals surface area contributed by atoms with Crippen LogP contribution in [0, 0.1) is 10.8 Å². The normalized spacial score (nSPS) is 17.1. The Morgan fingerprint density at radius 1 is 1.09 bits per heavy atom. The standard InChI is InChI=1S/C13H22O2.C11H18O2.2CO2/c1-6-9-13(7-2,10-11(4)5)12(14)15-8-3;1-4-11(10(12)13-5-2)7-6-9(3)8-11;2*2-1-3/h6H,1,4,7-10H2,2-3,5H3;6H,4-5,7-8H2,1-3H3;;. The van der Waals surface area contributed by atoms with Gasteiger partial charge in [0.25, 0.3) is 0 Å². The van der Waals surface area contributed by atoms with Crippen LogP contribution in [0.2, 0.25) is 0 Å². The van der Waals surface area contributed by atoms with Crippen LogP contribution in [0.15, 0.2) is 36.5 Å². The van der Waals surface area contributed by atoms with Crippen molar-refractivity contribution in [3.8, 4) is 0 Å². The van der Waals surface area contributed by atoms with Gasteiger partial charge in [-0.05, 0) is 66.2 Å². The van der Waals surface area contributed by atoms with Crippen molar-refractivity contribution in [3.05, 3.63) is 36.5 Å². The van der Waals surface area contributed by atoms with Crippen LogP contribution in [-0.2, 0) is 38.2 Å².